The van der Waals surface area contributed by atoms with E-state index >= 15 is 0 Å². The number of hydrogen-bond acceptors (Lipinski definition) is 4. The summed E-state index contributed by atoms with van der Waals surface area (Å²) in [5, 5.41) is 18.2. The zero-order chi connectivity index (χ0) is 9.14. The van der Waals surface area contributed by atoms with Gasteiger partial charge in [-0.25, -0.2) is 4.79 Å². The molecule has 70 valence electrons. The fourth-order valence-electron chi connectivity index (χ4n) is 1.13. The topological polar surface area (TPSA) is 70.0 Å². The van der Waals surface area contributed by atoms with Crippen molar-refractivity contribution in [2.45, 2.75) is 19.1 Å². The molecule has 1 fully saturated rings. The molecule has 1 rings (SSSR count). The first-order valence-electron chi connectivity index (χ1n) is 3.93. The van der Waals surface area contributed by atoms with E-state index in [1.165, 1.54) is 4.90 Å². The normalized spacial score (nSPS) is 29.1. The number of aliphatic hydroxyl groups is 2. The molecule has 1 aliphatic heterocycles. The Kier molecular flexibility index (Phi) is 2.88. The number of carbonyl (C=O) groups excluding carboxylic acids is 1. The highest BCUT2D eigenvalue weighted by Gasteiger charge is 2.33. The largest absolute Gasteiger partial charge is 0.450 e. The van der Waals surface area contributed by atoms with Crippen LogP contribution in [-0.4, -0.2) is 53.1 Å². The van der Waals surface area contributed by atoms with Gasteiger partial charge in [0.1, 0.15) is 0 Å². The molecule has 0 bridgehead atoms. The molecule has 5 heteroatoms. The van der Waals surface area contributed by atoms with Gasteiger partial charge in [0.05, 0.1) is 31.9 Å². The first-order valence-corrected chi connectivity index (χ1v) is 3.93. The molecular weight excluding hydrogens is 162 g/mol. The van der Waals surface area contributed by atoms with Gasteiger partial charge >= 0.3 is 6.09 Å². The quantitative estimate of drug-likeness (QED) is 0.546. The molecule has 0 aromatic heterocycles. The number of aliphatic hydroxyl groups excluding tert-OH is 2. The van der Waals surface area contributed by atoms with Crippen molar-refractivity contribution in [1.82, 2.24) is 4.90 Å². The number of nitrogens with zero attached hydrogens (tertiary/aromatic N) is 1. The van der Waals surface area contributed by atoms with Gasteiger partial charge in [0, 0.05) is 0 Å². The molecule has 0 aromatic rings. The highest BCUT2D eigenvalue weighted by atomic mass is 16.6. The van der Waals surface area contributed by atoms with Crippen LogP contribution in [0.15, 0.2) is 0 Å². The van der Waals surface area contributed by atoms with Crippen LogP contribution in [0, 0.1) is 0 Å². The predicted octanol–water partition coefficient (Wildman–Crippen LogP) is -0.820. The van der Waals surface area contributed by atoms with Crippen molar-refractivity contribution < 1.29 is 19.7 Å². The summed E-state index contributed by atoms with van der Waals surface area (Å²) < 4.78 is 4.69. The molecule has 0 aliphatic carbocycles. The monoisotopic (exact) mass is 175 g/mol. The van der Waals surface area contributed by atoms with E-state index < -0.39 is 18.3 Å². The Bertz CT molecular complexity index is 163. The van der Waals surface area contributed by atoms with Crippen molar-refractivity contribution in [3.05, 3.63) is 0 Å². The standard InChI is InChI=1S/C7H13NO4/c1-2-12-7(11)8-3-5(9)6(10)4-8/h5-6,9-10H,2-4H2,1H3. The molecule has 2 unspecified atom stereocenters. The second-order valence-corrected chi connectivity index (χ2v) is 2.74. The van der Waals surface area contributed by atoms with Crippen LogP contribution < -0.4 is 0 Å². The minimum absolute atomic E-state index is 0.153. The molecule has 12 heavy (non-hydrogen) atoms. The molecule has 1 heterocycles. The average molecular weight is 175 g/mol. The molecule has 2 atom stereocenters. The van der Waals surface area contributed by atoms with Crippen LogP contribution in [0.5, 0.6) is 0 Å². The zero-order valence-electron chi connectivity index (χ0n) is 6.93. The van der Waals surface area contributed by atoms with Gasteiger partial charge in [-0.15, -0.1) is 0 Å². The van der Waals surface area contributed by atoms with E-state index in [1.54, 1.807) is 6.92 Å². The SMILES string of the molecule is CCOC(=O)N1CC(O)C(O)C1. The van der Waals surface area contributed by atoms with E-state index in [0.29, 0.717) is 6.61 Å². The van der Waals surface area contributed by atoms with Gasteiger partial charge in [-0.1, -0.05) is 0 Å². The van der Waals surface area contributed by atoms with E-state index in [1.807, 2.05) is 0 Å². The van der Waals surface area contributed by atoms with E-state index in [0.717, 1.165) is 0 Å². The lowest BCUT2D eigenvalue weighted by molar-refractivity contribution is 0.0572. The van der Waals surface area contributed by atoms with Gasteiger partial charge in [-0.2, -0.15) is 0 Å². The molecule has 1 amide bonds. The summed E-state index contributed by atoms with van der Waals surface area (Å²) in [6.07, 6.45) is -2.16. The van der Waals surface area contributed by atoms with Crippen LogP contribution in [0.1, 0.15) is 6.92 Å². The lowest BCUT2D eigenvalue weighted by Gasteiger charge is -2.13. The van der Waals surface area contributed by atoms with Crippen molar-refractivity contribution in [3.63, 3.8) is 0 Å². The number of β-amino-alcohol motifs (C(OH)–C–C–N with tert-alkyl or cyclic N) is 2. The molecule has 1 aliphatic rings. The molecular formula is C7H13NO4. The van der Waals surface area contributed by atoms with Gasteiger partial charge < -0.3 is 19.8 Å². The number of carbonyl (C=O) groups is 1. The van der Waals surface area contributed by atoms with E-state index in [9.17, 15) is 4.79 Å². The molecule has 1 saturated heterocycles. The molecule has 0 radical (unpaired) electrons. The third-order valence-electron chi connectivity index (χ3n) is 1.79. The number of hydrogen-bond donors (Lipinski definition) is 2. The number of amides is 1. The number of rotatable bonds is 1. The second kappa shape index (κ2) is 3.73. The highest BCUT2D eigenvalue weighted by molar-refractivity contribution is 5.68. The summed E-state index contributed by atoms with van der Waals surface area (Å²) in [7, 11) is 0. The number of ether oxygens (including phenoxy) is 1. The van der Waals surface area contributed by atoms with Crippen molar-refractivity contribution >= 4 is 6.09 Å². The lowest BCUT2D eigenvalue weighted by atomic mass is 10.3. The summed E-state index contributed by atoms with van der Waals surface area (Å²) >= 11 is 0. The van der Waals surface area contributed by atoms with E-state index in [2.05, 4.69) is 4.74 Å². The van der Waals surface area contributed by atoms with Gasteiger partial charge in [0.25, 0.3) is 0 Å². The van der Waals surface area contributed by atoms with Crippen LogP contribution in [0.25, 0.3) is 0 Å². The van der Waals surface area contributed by atoms with Crippen LogP contribution in [0.2, 0.25) is 0 Å². The van der Waals surface area contributed by atoms with Crippen LogP contribution >= 0.6 is 0 Å². The van der Waals surface area contributed by atoms with Crippen molar-refractivity contribution in [2.75, 3.05) is 19.7 Å². The summed E-state index contributed by atoms with van der Waals surface area (Å²) in [6.45, 7) is 2.32. The van der Waals surface area contributed by atoms with Gasteiger partial charge in [0.15, 0.2) is 0 Å². The maximum atomic E-state index is 11.0. The first-order chi connectivity index (χ1) is 5.65. The molecule has 0 aromatic carbocycles. The summed E-state index contributed by atoms with van der Waals surface area (Å²) in [5.41, 5.74) is 0. The highest BCUT2D eigenvalue weighted by Crippen LogP contribution is 2.10. The Morgan fingerprint density at radius 2 is 2.00 bits per heavy atom. The minimum Gasteiger partial charge on any atom is -0.450 e. The molecule has 2 N–H and O–H groups in total. The third-order valence-corrected chi connectivity index (χ3v) is 1.79. The summed E-state index contributed by atoms with van der Waals surface area (Å²) in [5.74, 6) is 0. The fourth-order valence-corrected chi connectivity index (χ4v) is 1.13. The molecule has 5 nitrogen and oxygen atoms in total. The van der Waals surface area contributed by atoms with Crippen LogP contribution in [0.3, 0.4) is 0 Å². The maximum Gasteiger partial charge on any atom is 0.409 e. The van der Waals surface area contributed by atoms with Crippen LogP contribution in [0.4, 0.5) is 4.79 Å². The fraction of sp³-hybridized carbons (Fsp3) is 0.857. The van der Waals surface area contributed by atoms with Crippen LogP contribution in [-0.2, 0) is 4.74 Å². The summed E-state index contributed by atoms with van der Waals surface area (Å²) in [6, 6.07) is 0. The maximum absolute atomic E-state index is 11.0. The summed E-state index contributed by atoms with van der Waals surface area (Å²) in [4.78, 5) is 12.3. The third kappa shape index (κ3) is 1.86. The van der Waals surface area contributed by atoms with Gasteiger partial charge in [-0.3, -0.25) is 0 Å². The van der Waals surface area contributed by atoms with E-state index in [4.69, 9.17) is 10.2 Å². The van der Waals surface area contributed by atoms with Crippen molar-refractivity contribution in [2.24, 2.45) is 0 Å². The second-order valence-electron chi connectivity index (χ2n) is 2.74. The van der Waals surface area contributed by atoms with Crippen molar-refractivity contribution in [3.8, 4) is 0 Å². The minimum atomic E-state index is -0.839. The number of likely N-dealkylation sites (tertiary alicyclic amines) is 1. The Morgan fingerprint density at radius 1 is 1.50 bits per heavy atom. The van der Waals surface area contributed by atoms with Gasteiger partial charge in [-0.05, 0) is 6.92 Å². The van der Waals surface area contributed by atoms with E-state index in [-0.39, 0.29) is 13.1 Å². The molecule has 0 spiro atoms. The Balaban J connectivity index is 2.40. The zero-order valence-corrected chi connectivity index (χ0v) is 6.93. The Morgan fingerprint density at radius 3 is 2.42 bits per heavy atom. The predicted molar refractivity (Wildman–Crippen MR) is 40.6 cm³/mol. The first kappa shape index (κ1) is 9.28. The Hall–Kier alpha value is -0.810. The molecule has 0 saturated carbocycles. The smallest absolute Gasteiger partial charge is 0.409 e. The Labute approximate surface area is 70.5 Å². The van der Waals surface area contributed by atoms with Crippen molar-refractivity contribution in [1.29, 1.82) is 0 Å². The van der Waals surface area contributed by atoms with Gasteiger partial charge in [0.2, 0.25) is 0 Å². The average Bonchev–Trinajstić information content (AvgIpc) is 2.33. The lowest BCUT2D eigenvalue weighted by Crippen LogP contribution is -2.30.